The summed E-state index contributed by atoms with van der Waals surface area (Å²) in [7, 11) is 0. The Hall–Kier alpha value is -0.980. The molecule has 19 heavy (non-hydrogen) atoms. The maximum absolute atomic E-state index is 12.9. The van der Waals surface area contributed by atoms with Crippen molar-refractivity contribution in [3.05, 3.63) is 0 Å². The van der Waals surface area contributed by atoms with Gasteiger partial charge in [-0.3, -0.25) is 4.90 Å². The number of rotatable bonds is 5. The highest BCUT2D eigenvalue weighted by atomic mass is 19.4. The highest BCUT2D eigenvalue weighted by Crippen LogP contribution is 2.30. The molecule has 0 radical (unpaired) electrons. The number of nitrogens with zero attached hydrogens (tertiary/aromatic N) is 2. The molecular weight excluding hydrogens is 259 g/mol. The van der Waals surface area contributed by atoms with Crippen LogP contribution in [-0.4, -0.2) is 41.3 Å². The number of hydrogen-bond acceptors (Lipinski definition) is 3. The molecule has 1 fully saturated rings. The average Bonchev–Trinajstić information content (AvgIpc) is 2.35. The Balaban J connectivity index is 2.76. The predicted octanol–water partition coefficient (Wildman–Crippen LogP) is 2.57. The number of amidine groups is 1. The summed E-state index contributed by atoms with van der Waals surface area (Å²) in [5.41, 5.74) is 5.19. The molecule has 0 aliphatic carbocycles. The molecule has 7 heteroatoms. The SMILES string of the molecule is CCCC1CCCCN1CC(C(N)=NO)C(F)(F)F. The Bertz CT molecular complexity index is 305. The van der Waals surface area contributed by atoms with Crippen LogP contribution < -0.4 is 5.73 Å². The van der Waals surface area contributed by atoms with Gasteiger partial charge < -0.3 is 10.9 Å². The topological polar surface area (TPSA) is 61.8 Å². The number of oxime groups is 1. The highest BCUT2D eigenvalue weighted by molar-refractivity contribution is 5.83. The molecule has 0 aromatic heterocycles. The lowest BCUT2D eigenvalue weighted by Gasteiger charge is -2.38. The minimum Gasteiger partial charge on any atom is -0.409 e. The van der Waals surface area contributed by atoms with E-state index in [1.165, 1.54) is 0 Å². The van der Waals surface area contributed by atoms with E-state index in [2.05, 4.69) is 5.16 Å². The maximum atomic E-state index is 12.9. The third-order valence-corrected chi connectivity index (χ3v) is 3.66. The second-order valence-corrected chi connectivity index (χ2v) is 5.05. The van der Waals surface area contributed by atoms with Crippen LogP contribution in [0, 0.1) is 5.92 Å². The van der Waals surface area contributed by atoms with E-state index in [-0.39, 0.29) is 12.6 Å². The van der Waals surface area contributed by atoms with Crippen molar-refractivity contribution >= 4 is 5.84 Å². The van der Waals surface area contributed by atoms with Gasteiger partial charge >= 0.3 is 6.18 Å². The number of nitrogens with two attached hydrogens (primary N) is 1. The van der Waals surface area contributed by atoms with Gasteiger partial charge in [0.05, 0.1) is 0 Å². The van der Waals surface area contributed by atoms with E-state index in [0.717, 1.165) is 32.1 Å². The number of hydrogen-bond donors (Lipinski definition) is 2. The van der Waals surface area contributed by atoms with E-state index in [9.17, 15) is 13.2 Å². The monoisotopic (exact) mass is 281 g/mol. The van der Waals surface area contributed by atoms with Crippen LogP contribution in [0.2, 0.25) is 0 Å². The Labute approximate surface area is 111 Å². The molecule has 0 saturated carbocycles. The summed E-state index contributed by atoms with van der Waals surface area (Å²) >= 11 is 0. The van der Waals surface area contributed by atoms with Gasteiger partial charge in [-0.25, -0.2) is 0 Å². The van der Waals surface area contributed by atoms with Crippen molar-refractivity contribution in [2.75, 3.05) is 13.1 Å². The molecule has 1 rings (SSSR count). The zero-order valence-electron chi connectivity index (χ0n) is 11.2. The lowest BCUT2D eigenvalue weighted by Crippen LogP contribution is -2.49. The van der Waals surface area contributed by atoms with Gasteiger partial charge in [0.1, 0.15) is 5.92 Å². The summed E-state index contributed by atoms with van der Waals surface area (Å²) in [6, 6.07) is 0.176. The molecule has 0 bridgehead atoms. The summed E-state index contributed by atoms with van der Waals surface area (Å²) in [4.78, 5) is 1.84. The van der Waals surface area contributed by atoms with Crippen molar-refractivity contribution in [3.8, 4) is 0 Å². The fourth-order valence-corrected chi connectivity index (χ4v) is 2.63. The first-order valence-corrected chi connectivity index (χ1v) is 6.68. The average molecular weight is 281 g/mol. The molecule has 1 aliphatic rings. The third kappa shape index (κ3) is 4.56. The van der Waals surface area contributed by atoms with Crippen LogP contribution in [0.4, 0.5) is 13.2 Å². The minimum absolute atomic E-state index is 0.176. The van der Waals surface area contributed by atoms with Gasteiger partial charge in [0, 0.05) is 12.6 Å². The molecule has 1 saturated heterocycles. The quantitative estimate of drug-likeness (QED) is 0.352. The maximum Gasteiger partial charge on any atom is 0.400 e. The van der Waals surface area contributed by atoms with Crippen molar-refractivity contribution < 1.29 is 18.4 Å². The number of halogens is 3. The minimum atomic E-state index is -4.48. The molecular formula is C12H22F3N3O. The molecule has 112 valence electrons. The van der Waals surface area contributed by atoms with Crippen LogP contribution in [0.15, 0.2) is 5.16 Å². The summed E-state index contributed by atoms with van der Waals surface area (Å²) < 4.78 is 38.8. The smallest absolute Gasteiger partial charge is 0.400 e. The first-order chi connectivity index (χ1) is 8.90. The molecule has 1 aliphatic heterocycles. The van der Waals surface area contributed by atoms with Gasteiger partial charge in [0.25, 0.3) is 0 Å². The Morgan fingerprint density at radius 1 is 1.47 bits per heavy atom. The molecule has 4 nitrogen and oxygen atoms in total. The van der Waals surface area contributed by atoms with E-state index in [1.807, 2.05) is 11.8 Å². The predicted molar refractivity (Wildman–Crippen MR) is 67.1 cm³/mol. The molecule has 2 unspecified atom stereocenters. The van der Waals surface area contributed by atoms with Crippen molar-refractivity contribution in [1.82, 2.24) is 4.90 Å². The molecule has 0 aromatic rings. The van der Waals surface area contributed by atoms with Gasteiger partial charge in [0.15, 0.2) is 5.84 Å². The lowest BCUT2D eigenvalue weighted by molar-refractivity contribution is -0.162. The van der Waals surface area contributed by atoms with Gasteiger partial charge in [-0.05, 0) is 25.8 Å². The van der Waals surface area contributed by atoms with Gasteiger partial charge in [-0.1, -0.05) is 24.9 Å². The fraction of sp³-hybridized carbons (Fsp3) is 0.917. The number of likely N-dealkylation sites (tertiary alicyclic amines) is 1. The Morgan fingerprint density at radius 3 is 2.68 bits per heavy atom. The molecule has 0 aromatic carbocycles. The van der Waals surface area contributed by atoms with E-state index in [0.29, 0.717) is 6.54 Å². The Morgan fingerprint density at radius 2 is 2.16 bits per heavy atom. The molecule has 0 spiro atoms. The fourth-order valence-electron chi connectivity index (χ4n) is 2.63. The van der Waals surface area contributed by atoms with Crippen molar-refractivity contribution in [3.63, 3.8) is 0 Å². The van der Waals surface area contributed by atoms with Gasteiger partial charge in [-0.15, -0.1) is 0 Å². The first kappa shape index (κ1) is 16.1. The van der Waals surface area contributed by atoms with Crippen molar-refractivity contribution in [1.29, 1.82) is 0 Å². The van der Waals surface area contributed by atoms with Gasteiger partial charge in [0.2, 0.25) is 0 Å². The molecule has 0 amide bonds. The molecule has 1 heterocycles. The zero-order chi connectivity index (χ0) is 14.5. The van der Waals surface area contributed by atoms with Gasteiger partial charge in [-0.2, -0.15) is 13.2 Å². The zero-order valence-corrected chi connectivity index (χ0v) is 11.2. The van der Waals surface area contributed by atoms with E-state index in [1.54, 1.807) is 0 Å². The van der Waals surface area contributed by atoms with Crippen molar-refractivity contribution in [2.24, 2.45) is 16.8 Å². The standard InChI is InChI=1S/C12H22F3N3O/c1-2-5-9-6-3-4-7-18(9)8-10(11(16)17-19)12(13,14)15/h9-10,19H,2-8H2,1H3,(H2,16,17). The normalized spacial score (nSPS) is 24.4. The molecule has 3 N–H and O–H groups in total. The molecule has 2 atom stereocenters. The van der Waals surface area contributed by atoms with E-state index >= 15 is 0 Å². The summed E-state index contributed by atoms with van der Waals surface area (Å²) in [5.74, 6) is -2.65. The third-order valence-electron chi connectivity index (χ3n) is 3.66. The largest absolute Gasteiger partial charge is 0.409 e. The van der Waals surface area contributed by atoms with E-state index in [4.69, 9.17) is 10.9 Å². The second-order valence-electron chi connectivity index (χ2n) is 5.05. The summed E-state index contributed by atoms with van der Waals surface area (Å²) in [5, 5.41) is 11.1. The van der Waals surface area contributed by atoms with Crippen LogP contribution in [0.5, 0.6) is 0 Å². The van der Waals surface area contributed by atoms with E-state index < -0.39 is 17.9 Å². The number of alkyl halides is 3. The first-order valence-electron chi connectivity index (χ1n) is 6.68. The number of piperidine rings is 1. The van der Waals surface area contributed by atoms with Crippen molar-refractivity contribution in [2.45, 2.75) is 51.2 Å². The van der Waals surface area contributed by atoms with Crippen LogP contribution in [0.25, 0.3) is 0 Å². The lowest BCUT2D eigenvalue weighted by atomic mass is 9.96. The van der Waals surface area contributed by atoms with Crippen LogP contribution in [-0.2, 0) is 0 Å². The Kier molecular flexibility index (Phi) is 5.90. The second kappa shape index (κ2) is 6.98. The summed E-state index contributed by atoms with van der Waals surface area (Å²) in [6.07, 6.45) is 0.240. The van der Waals surface area contributed by atoms with Crippen LogP contribution >= 0.6 is 0 Å². The van der Waals surface area contributed by atoms with Crippen LogP contribution in [0.3, 0.4) is 0 Å². The highest BCUT2D eigenvalue weighted by Gasteiger charge is 2.44. The summed E-state index contributed by atoms with van der Waals surface area (Å²) in [6.45, 7) is 2.46. The van der Waals surface area contributed by atoms with Crippen LogP contribution in [0.1, 0.15) is 39.0 Å².